The van der Waals surface area contributed by atoms with Crippen LogP contribution >= 0.6 is 12.4 Å². The van der Waals surface area contributed by atoms with Crippen LogP contribution in [0.4, 0.5) is 0 Å². The van der Waals surface area contributed by atoms with Gasteiger partial charge in [-0.1, -0.05) is 32.1 Å². The van der Waals surface area contributed by atoms with Crippen LogP contribution in [0.15, 0.2) is 0 Å². The molecule has 1 amide bonds. The average Bonchev–Trinajstić information content (AvgIpc) is 2.28. The van der Waals surface area contributed by atoms with Crippen LogP contribution in [0.25, 0.3) is 0 Å². The maximum Gasteiger partial charge on any atom is 0.226 e. The maximum atomic E-state index is 12.5. The second kappa shape index (κ2) is 8.00. The standard InChI is InChI=1S/C14H26N2O.ClH/c1-12-11-15-9-10-16(12)14(17)13-7-5-3-2-4-6-8-13;/h12-13,15H,2-11H2,1H3;1H/t12-;/m0./s1. The molecule has 0 radical (unpaired) electrons. The zero-order chi connectivity index (χ0) is 12.1. The summed E-state index contributed by atoms with van der Waals surface area (Å²) in [5.41, 5.74) is 0. The predicted octanol–water partition coefficient (Wildman–Crippen LogP) is 2.59. The highest BCUT2D eigenvalue weighted by molar-refractivity contribution is 5.85. The molecule has 2 aliphatic rings. The molecule has 1 aliphatic carbocycles. The highest BCUT2D eigenvalue weighted by atomic mass is 35.5. The van der Waals surface area contributed by atoms with Gasteiger partial charge in [0.1, 0.15) is 0 Å². The molecule has 18 heavy (non-hydrogen) atoms. The molecule has 0 aromatic heterocycles. The van der Waals surface area contributed by atoms with Gasteiger partial charge in [-0.25, -0.2) is 0 Å². The van der Waals surface area contributed by atoms with E-state index in [0.717, 1.165) is 32.5 Å². The molecule has 1 saturated heterocycles. The molecule has 0 bridgehead atoms. The molecule has 0 spiro atoms. The molecule has 4 heteroatoms. The van der Waals surface area contributed by atoms with Crippen molar-refractivity contribution in [1.82, 2.24) is 10.2 Å². The van der Waals surface area contributed by atoms with Crippen LogP contribution in [0.3, 0.4) is 0 Å². The summed E-state index contributed by atoms with van der Waals surface area (Å²) in [5, 5.41) is 3.35. The highest BCUT2D eigenvalue weighted by Crippen LogP contribution is 2.24. The lowest BCUT2D eigenvalue weighted by Crippen LogP contribution is -2.53. The lowest BCUT2D eigenvalue weighted by molar-refractivity contribution is -0.139. The number of carbonyl (C=O) groups is 1. The third kappa shape index (κ3) is 4.13. The molecule has 2 rings (SSSR count). The lowest BCUT2D eigenvalue weighted by atomic mass is 9.89. The van der Waals surface area contributed by atoms with E-state index in [-0.39, 0.29) is 12.4 Å². The third-order valence-corrected chi connectivity index (χ3v) is 4.24. The van der Waals surface area contributed by atoms with Gasteiger partial charge in [-0.05, 0) is 19.8 Å². The first-order valence-corrected chi connectivity index (χ1v) is 7.30. The Balaban J connectivity index is 0.00000162. The number of rotatable bonds is 1. The van der Waals surface area contributed by atoms with Crippen molar-refractivity contribution in [2.24, 2.45) is 5.92 Å². The number of hydrogen-bond donors (Lipinski definition) is 1. The molecule has 1 atom stereocenters. The van der Waals surface area contributed by atoms with Gasteiger partial charge >= 0.3 is 0 Å². The molecule has 1 N–H and O–H groups in total. The van der Waals surface area contributed by atoms with Crippen molar-refractivity contribution < 1.29 is 4.79 Å². The van der Waals surface area contributed by atoms with Crippen molar-refractivity contribution in [3.63, 3.8) is 0 Å². The van der Waals surface area contributed by atoms with E-state index >= 15 is 0 Å². The zero-order valence-electron chi connectivity index (χ0n) is 11.5. The SMILES string of the molecule is C[C@H]1CNCCN1C(=O)C1CCCCCCC1.Cl. The van der Waals surface area contributed by atoms with Crippen molar-refractivity contribution in [3.8, 4) is 0 Å². The van der Waals surface area contributed by atoms with Crippen molar-refractivity contribution in [2.75, 3.05) is 19.6 Å². The summed E-state index contributed by atoms with van der Waals surface area (Å²) in [6.07, 6.45) is 8.74. The quantitative estimate of drug-likeness (QED) is 0.797. The van der Waals surface area contributed by atoms with E-state index in [9.17, 15) is 4.79 Å². The Morgan fingerprint density at radius 2 is 1.72 bits per heavy atom. The normalized spacial score (nSPS) is 26.9. The monoisotopic (exact) mass is 274 g/mol. The van der Waals surface area contributed by atoms with Crippen molar-refractivity contribution in [3.05, 3.63) is 0 Å². The minimum atomic E-state index is 0. The van der Waals surface area contributed by atoms with E-state index in [1.54, 1.807) is 0 Å². The van der Waals surface area contributed by atoms with Gasteiger partial charge in [-0.3, -0.25) is 4.79 Å². The molecule has 0 aromatic rings. The first kappa shape index (κ1) is 15.8. The summed E-state index contributed by atoms with van der Waals surface area (Å²) in [6, 6.07) is 0.377. The minimum Gasteiger partial charge on any atom is -0.337 e. The number of halogens is 1. The number of hydrogen-bond acceptors (Lipinski definition) is 2. The van der Waals surface area contributed by atoms with E-state index in [1.807, 2.05) is 0 Å². The van der Waals surface area contributed by atoms with Crippen LogP contribution in [-0.4, -0.2) is 36.5 Å². The second-order valence-electron chi connectivity index (χ2n) is 5.63. The number of piperazine rings is 1. The average molecular weight is 275 g/mol. The van der Waals surface area contributed by atoms with Gasteiger partial charge in [0, 0.05) is 31.6 Å². The minimum absolute atomic E-state index is 0. The number of amides is 1. The predicted molar refractivity (Wildman–Crippen MR) is 77.1 cm³/mol. The van der Waals surface area contributed by atoms with Gasteiger partial charge in [0.25, 0.3) is 0 Å². The van der Waals surface area contributed by atoms with Gasteiger partial charge in [-0.15, -0.1) is 12.4 Å². The Hall–Kier alpha value is -0.280. The topological polar surface area (TPSA) is 32.3 Å². The van der Waals surface area contributed by atoms with Crippen LogP contribution in [0.5, 0.6) is 0 Å². The summed E-state index contributed by atoms with van der Waals surface area (Å²) in [4.78, 5) is 14.6. The van der Waals surface area contributed by atoms with Gasteiger partial charge in [0.2, 0.25) is 5.91 Å². The second-order valence-corrected chi connectivity index (χ2v) is 5.63. The van der Waals surface area contributed by atoms with E-state index < -0.39 is 0 Å². The lowest BCUT2D eigenvalue weighted by Gasteiger charge is -2.36. The molecule has 1 heterocycles. The Morgan fingerprint density at radius 3 is 2.33 bits per heavy atom. The Labute approximate surface area is 117 Å². The Bertz CT molecular complexity index is 252. The van der Waals surface area contributed by atoms with Gasteiger partial charge in [0.15, 0.2) is 0 Å². The van der Waals surface area contributed by atoms with E-state index in [4.69, 9.17) is 0 Å². The summed E-state index contributed by atoms with van der Waals surface area (Å²) >= 11 is 0. The zero-order valence-corrected chi connectivity index (χ0v) is 12.3. The molecular weight excluding hydrogens is 248 g/mol. The smallest absolute Gasteiger partial charge is 0.226 e. The van der Waals surface area contributed by atoms with Crippen molar-refractivity contribution in [2.45, 2.75) is 57.9 Å². The Morgan fingerprint density at radius 1 is 1.11 bits per heavy atom. The van der Waals surface area contributed by atoms with E-state index in [1.165, 1.54) is 32.1 Å². The molecular formula is C14H27ClN2O. The molecule has 3 nitrogen and oxygen atoms in total. The van der Waals surface area contributed by atoms with Crippen LogP contribution in [0.2, 0.25) is 0 Å². The molecule has 0 aromatic carbocycles. The van der Waals surface area contributed by atoms with Crippen molar-refractivity contribution >= 4 is 18.3 Å². The molecule has 0 unspecified atom stereocenters. The third-order valence-electron chi connectivity index (χ3n) is 4.24. The summed E-state index contributed by atoms with van der Waals surface area (Å²) in [6.45, 7) is 4.98. The number of carbonyl (C=O) groups excluding carboxylic acids is 1. The fourth-order valence-corrected chi connectivity index (χ4v) is 3.11. The largest absolute Gasteiger partial charge is 0.337 e. The summed E-state index contributed by atoms with van der Waals surface area (Å²) in [5.74, 6) is 0.747. The van der Waals surface area contributed by atoms with Crippen LogP contribution in [0.1, 0.15) is 51.9 Å². The fourth-order valence-electron chi connectivity index (χ4n) is 3.11. The highest BCUT2D eigenvalue weighted by Gasteiger charge is 2.28. The van der Waals surface area contributed by atoms with Gasteiger partial charge in [-0.2, -0.15) is 0 Å². The molecule has 2 fully saturated rings. The Kier molecular flexibility index (Phi) is 7.02. The number of nitrogens with zero attached hydrogens (tertiary/aromatic N) is 1. The molecule has 1 saturated carbocycles. The first-order chi connectivity index (χ1) is 8.29. The maximum absolute atomic E-state index is 12.5. The first-order valence-electron chi connectivity index (χ1n) is 7.30. The molecule has 1 aliphatic heterocycles. The van der Waals surface area contributed by atoms with Crippen LogP contribution in [0, 0.1) is 5.92 Å². The van der Waals surface area contributed by atoms with Crippen molar-refractivity contribution in [1.29, 1.82) is 0 Å². The fraction of sp³-hybridized carbons (Fsp3) is 0.929. The number of nitrogens with one attached hydrogen (secondary N) is 1. The van der Waals surface area contributed by atoms with E-state index in [2.05, 4.69) is 17.1 Å². The summed E-state index contributed by atoms with van der Waals surface area (Å²) in [7, 11) is 0. The van der Waals surface area contributed by atoms with Crippen LogP contribution < -0.4 is 5.32 Å². The van der Waals surface area contributed by atoms with E-state index in [0.29, 0.717) is 17.9 Å². The van der Waals surface area contributed by atoms with Gasteiger partial charge < -0.3 is 10.2 Å². The van der Waals surface area contributed by atoms with Gasteiger partial charge in [0.05, 0.1) is 0 Å². The molecule has 106 valence electrons. The summed E-state index contributed by atoms with van der Waals surface area (Å²) < 4.78 is 0. The van der Waals surface area contributed by atoms with Crippen LogP contribution in [-0.2, 0) is 4.79 Å².